The first-order valence-corrected chi connectivity index (χ1v) is 6.60. The summed E-state index contributed by atoms with van der Waals surface area (Å²) in [6.07, 6.45) is 2.62. The van der Waals surface area contributed by atoms with Gasteiger partial charge in [-0.05, 0) is 59.2 Å². The summed E-state index contributed by atoms with van der Waals surface area (Å²) in [4.78, 5) is 0. The molecule has 2 nitrogen and oxygen atoms in total. The summed E-state index contributed by atoms with van der Waals surface area (Å²) in [5, 5.41) is 3.42. The van der Waals surface area contributed by atoms with Crippen LogP contribution in [-0.4, -0.2) is 19.2 Å². The third-order valence-electron chi connectivity index (χ3n) is 2.46. The third-order valence-corrected chi connectivity index (χ3v) is 3.13. The summed E-state index contributed by atoms with van der Waals surface area (Å²) in [7, 11) is 0. The topological polar surface area (TPSA) is 21.3 Å². The Labute approximate surface area is 110 Å². The van der Waals surface area contributed by atoms with Gasteiger partial charge in [0.05, 0.1) is 0 Å². The van der Waals surface area contributed by atoms with Gasteiger partial charge in [-0.15, -0.1) is 0 Å². The Morgan fingerprint density at radius 2 is 2.31 bits per heavy atom. The lowest BCUT2D eigenvalue weighted by atomic mass is 10.3. The van der Waals surface area contributed by atoms with Crippen molar-refractivity contribution < 1.29 is 4.74 Å². The zero-order valence-corrected chi connectivity index (χ0v) is 11.4. The number of halogens is 1. The molecule has 0 aliphatic heterocycles. The van der Waals surface area contributed by atoms with Crippen molar-refractivity contribution in [3.05, 3.63) is 40.0 Å². The summed E-state index contributed by atoms with van der Waals surface area (Å²) in [5.41, 5.74) is 1.10. The first kappa shape index (κ1) is 11.9. The molecule has 1 aromatic rings. The van der Waals surface area contributed by atoms with Crippen LogP contribution in [0.4, 0.5) is 0 Å². The second kappa shape index (κ2) is 5.68. The standard InChI is InChI=1S/C13H16INO/c1-10(8-15-12-5-6-12)9-16-13-4-2-3-11(14)7-13/h2-4,7,12,15H,1,5-6,8-9H2. The molecule has 0 bridgehead atoms. The molecule has 1 aliphatic rings. The van der Waals surface area contributed by atoms with E-state index >= 15 is 0 Å². The van der Waals surface area contributed by atoms with E-state index in [4.69, 9.17) is 4.74 Å². The Hall–Kier alpha value is -0.550. The molecular formula is C13H16INO. The van der Waals surface area contributed by atoms with Crippen LogP contribution in [0.15, 0.2) is 36.4 Å². The molecule has 0 heterocycles. The van der Waals surface area contributed by atoms with Crippen LogP contribution in [0.5, 0.6) is 5.75 Å². The number of hydrogen-bond acceptors (Lipinski definition) is 2. The van der Waals surface area contributed by atoms with E-state index in [0.717, 1.165) is 23.9 Å². The van der Waals surface area contributed by atoms with Gasteiger partial charge in [0.15, 0.2) is 0 Å². The average Bonchev–Trinajstić information content (AvgIpc) is 3.07. The summed E-state index contributed by atoms with van der Waals surface area (Å²) < 4.78 is 6.85. The van der Waals surface area contributed by atoms with Crippen LogP contribution >= 0.6 is 22.6 Å². The number of nitrogens with one attached hydrogen (secondary N) is 1. The lowest BCUT2D eigenvalue weighted by Crippen LogP contribution is -2.21. The predicted molar refractivity (Wildman–Crippen MR) is 74.8 cm³/mol. The highest BCUT2D eigenvalue weighted by Gasteiger charge is 2.19. The van der Waals surface area contributed by atoms with Crippen LogP contribution in [-0.2, 0) is 0 Å². The van der Waals surface area contributed by atoms with Crippen molar-refractivity contribution in [1.29, 1.82) is 0 Å². The van der Waals surface area contributed by atoms with Gasteiger partial charge in [-0.1, -0.05) is 12.6 Å². The van der Waals surface area contributed by atoms with E-state index < -0.39 is 0 Å². The van der Waals surface area contributed by atoms with Crippen molar-refractivity contribution in [3.8, 4) is 5.75 Å². The van der Waals surface area contributed by atoms with Crippen molar-refractivity contribution in [2.75, 3.05) is 13.2 Å². The molecule has 1 N–H and O–H groups in total. The number of benzene rings is 1. The quantitative estimate of drug-likeness (QED) is 0.640. The number of ether oxygens (including phenoxy) is 1. The first-order valence-electron chi connectivity index (χ1n) is 5.52. The number of rotatable bonds is 6. The summed E-state index contributed by atoms with van der Waals surface area (Å²) in [5.74, 6) is 0.916. The summed E-state index contributed by atoms with van der Waals surface area (Å²) in [6.45, 7) is 5.47. The van der Waals surface area contributed by atoms with Crippen LogP contribution in [0.1, 0.15) is 12.8 Å². The molecule has 0 amide bonds. The molecule has 0 radical (unpaired) electrons. The lowest BCUT2D eigenvalue weighted by Gasteiger charge is -2.09. The molecule has 0 aromatic heterocycles. The molecule has 1 aromatic carbocycles. The molecule has 2 rings (SSSR count). The van der Waals surface area contributed by atoms with E-state index in [1.54, 1.807) is 0 Å². The molecule has 1 aliphatic carbocycles. The van der Waals surface area contributed by atoms with E-state index in [-0.39, 0.29) is 0 Å². The Kier molecular flexibility index (Phi) is 4.23. The molecular weight excluding hydrogens is 313 g/mol. The van der Waals surface area contributed by atoms with Gasteiger partial charge < -0.3 is 10.1 Å². The van der Waals surface area contributed by atoms with Crippen LogP contribution in [0.2, 0.25) is 0 Å². The highest BCUT2D eigenvalue weighted by atomic mass is 127. The molecule has 1 saturated carbocycles. The maximum absolute atomic E-state index is 5.66. The minimum atomic E-state index is 0.597. The maximum Gasteiger partial charge on any atom is 0.120 e. The Morgan fingerprint density at radius 1 is 1.50 bits per heavy atom. The molecule has 0 atom stereocenters. The van der Waals surface area contributed by atoms with E-state index in [2.05, 4.69) is 40.6 Å². The predicted octanol–water partition coefficient (Wildman–Crippen LogP) is 2.98. The smallest absolute Gasteiger partial charge is 0.120 e. The van der Waals surface area contributed by atoms with Crippen LogP contribution in [0.25, 0.3) is 0 Å². The van der Waals surface area contributed by atoms with Crippen molar-refractivity contribution in [2.45, 2.75) is 18.9 Å². The molecule has 1 fully saturated rings. The largest absolute Gasteiger partial charge is 0.489 e. The Morgan fingerprint density at radius 3 is 3.00 bits per heavy atom. The fraction of sp³-hybridized carbons (Fsp3) is 0.385. The van der Waals surface area contributed by atoms with Gasteiger partial charge in [0.2, 0.25) is 0 Å². The Bertz CT molecular complexity index is 374. The van der Waals surface area contributed by atoms with Gasteiger partial charge in [-0.2, -0.15) is 0 Å². The van der Waals surface area contributed by atoms with Crippen LogP contribution < -0.4 is 10.1 Å². The normalized spacial score (nSPS) is 14.8. The van der Waals surface area contributed by atoms with E-state index in [0.29, 0.717) is 6.61 Å². The zero-order chi connectivity index (χ0) is 11.4. The van der Waals surface area contributed by atoms with Gasteiger partial charge >= 0.3 is 0 Å². The molecule has 16 heavy (non-hydrogen) atoms. The highest BCUT2D eigenvalue weighted by Crippen LogP contribution is 2.19. The second-order valence-electron chi connectivity index (χ2n) is 4.15. The molecule has 86 valence electrons. The van der Waals surface area contributed by atoms with Crippen molar-refractivity contribution in [3.63, 3.8) is 0 Å². The SMILES string of the molecule is C=C(CNC1CC1)COc1cccc(I)c1. The van der Waals surface area contributed by atoms with Crippen LogP contribution in [0.3, 0.4) is 0 Å². The molecule has 0 saturated heterocycles. The molecule has 0 spiro atoms. The van der Waals surface area contributed by atoms with Gasteiger partial charge in [-0.25, -0.2) is 0 Å². The zero-order valence-electron chi connectivity index (χ0n) is 9.21. The van der Waals surface area contributed by atoms with Gasteiger partial charge in [0, 0.05) is 16.2 Å². The number of hydrogen-bond donors (Lipinski definition) is 1. The highest BCUT2D eigenvalue weighted by molar-refractivity contribution is 14.1. The molecule has 3 heteroatoms. The minimum Gasteiger partial charge on any atom is -0.489 e. The van der Waals surface area contributed by atoms with E-state index in [1.807, 2.05) is 18.2 Å². The summed E-state index contributed by atoms with van der Waals surface area (Å²) >= 11 is 2.28. The fourth-order valence-electron chi connectivity index (χ4n) is 1.37. The second-order valence-corrected chi connectivity index (χ2v) is 5.40. The third kappa shape index (κ3) is 4.14. The van der Waals surface area contributed by atoms with E-state index in [1.165, 1.54) is 16.4 Å². The average molecular weight is 329 g/mol. The summed E-state index contributed by atoms with van der Waals surface area (Å²) in [6, 6.07) is 8.79. The van der Waals surface area contributed by atoms with E-state index in [9.17, 15) is 0 Å². The maximum atomic E-state index is 5.66. The van der Waals surface area contributed by atoms with Crippen molar-refractivity contribution in [1.82, 2.24) is 5.32 Å². The lowest BCUT2D eigenvalue weighted by molar-refractivity contribution is 0.348. The monoisotopic (exact) mass is 329 g/mol. The fourth-order valence-corrected chi connectivity index (χ4v) is 1.88. The Balaban J connectivity index is 1.71. The van der Waals surface area contributed by atoms with Gasteiger partial charge in [-0.3, -0.25) is 0 Å². The van der Waals surface area contributed by atoms with Gasteiger partial charge in [0.1, 0.15) is 12.4 Å². The van der Waals surface area contributed by atoms with Crippen molar-refractivity contribution >= 4 is 22.6 Å². The first-order chi connectivity index (χ1) is 7.74. The minimum absolute atomic E-state index is 0.597. The van der Waals surface area contributed by atoms with Gasteiger partial charge in [0.25, 0.3) is 0 Å². The van der Waals surface area contributed by atoms with Crippen molar-refractivity contribution in [2.24, 2.45) is 0 Å². The molecule has 0 unspecified atom stereocenters. The van der Waals surface area contributed by atoms with Crippen LogP contribution in [0, 0.1) is 3.57 Å².